The van der Waals surface area contributed by atoms with Crippen molar-refractivity contribution in [2.75, 3.05) is 13.7 Å². The van der Waals surface area contributed by atoms with E-state index in [0.717, 1.165) is 28.7 Å². The number of halogens is 1. The minimum absolute atomic E-state index is 0.808. The summed E-state index contributed by atoms with van der Waals surface area (Å²) in [6, 6.07) is 8.04. The molecule has 18 heavy (non-hydrogen) atoms. The Morgan fingerprint density at radius 3 is 2.78 bits per heavy atom. The number of hydrogen-bond acceptors (Lipinski definition) is 3. The van der Waals surface area contributed by atoms with E-state index >= 15 is 0 Å². The van der Waals surface area contributed by atoms with Gasteiger partial charge in [-0.05, 0) is 47.3 Å². The summed E-state index contributed by atoms with van der Waals surface area (Å²) in [5.41, 5.74) is 2.39. The normalized spacial score (nSPS) is 10.6. The van der Waals surface area contributed by atoms with Crippen LogP contribution in [0.4, 0.5) is 0 Å². The number of benzene rings is 1. The molecule has 4 heteroatoms. The lowest BCUT2D eigenvalue weighted by atomic mass is 10.1. The van der Waals surface area contributed by atoms with Crippen molar-refractivity contribution in [3.8, 4) is 16.2 Å². The topological polar surface area (TPSA) is 21.3 Å². The SMILES string of the molecule is CCNCc1cc(OC)ccc1-c1sccc1Cl. The van der Waals surface area contributed by atoms with Gasteiger partial charge in [0.1, 0.15) is 5.75 Å². The van der Waals surface area contributed by atoms with Gasteiger partial charge in [0.05, 0.1) is 17.0 Å². The zero-order valence-electron chi connectivity index (χ0n) is 10.5. The van der Waals surface area contributed by atoms with Crippen molar-refractivity contribution in [2.45, 2.75) is 13.5 Å². The molecule has 0 atom stereocenters. The zero-order valence-corrected chi connectivity index (χ0v) is 12.1. The molecular weight excluding hydrogens is 266 g/mol. The first kappa shape index (κ1) is 13.4. The molecule has 0 saturated carbocycles. The summed E-state index contributed by atoms with van der Waals surface area (Å²) in [4.78, 5) is 1.12. The molecule has 0 bridgehead atoms. The second-order valence-electron chi connectivity index (χ2n) is 3.90. The lowest BCUT2D eigenvalue weighted by Gasteiger charge is -2.11. The molecule has 1 N–H and O–H groups in total. The summed E-state index contributed by atoms with van der Waals surface area (Å²) in [7, 11) is 1.68. The smallest absolute Gasteiger partial charge is 0.119 e. The Labute approximate surface area is 117 Å². The number of ether oxygens (including phenoxy) is 1. The Bertz CT molecular complexity index is 524. The average molecular weight is 282 g/mol. The highest BCUT2D eigenvalue weighted by molar-refractivity contribution is 7.14. The van der Waals surface area contributed by atoms with Crippen LogP contribution < -0.4 is 10.1 Å². The van der Waals surface area contributed by atoms with Crippen molar-refractivity contribution in [3.05, 3.63) is 40.2 Å². The van der Waals surface area contributed by atoms with E-state index in [1.54, 1.807) is 18.4 Å². The first-order chi connectivity index (χ1) is 8.76. The van der Waals surface area contributed by atoms with Gasteiger partial charge in [0.15, 0.2) is 0 Å². The van der Waals surface area contributed by atoms with E-state index in [2.05, 4.69) is 24.4 Å². The van der Waals surface area contributed by atoms with Crippen LogP contribution in [0.5, 0.6) is 5.75 Å². The van der Waals surface area contributed by atoms with Gasteiger partial charge >= 0.3 is 0 Å². The van der Waals surface area contributed by atoms with Crippen LogP contribution in [0.2, 0.25) is 5.02 Å². The van der Waals surface area contributed by atoms with Crippen LogP contribution in [0.15, 0.2) is 29.6 Å². The van der Waals surface area contributed by atoms with E-state index in [1.165, 1.54) is 11.1 Å². The Hall–Kier alpha value is -1.03. The van der Waals surface area contributed by atoms with Gasteiger partial charge in [0.2, 0.25) is 0 Å². The van der Waals surface area contributed by atoms with Gasteiger partial charge in [0, 0.05) is 6.54 Å². The molecule has 96 valence electrons. The molecule has 0 radical (unpaired) electrons. The molecule has 0 unspecified atom stereocenters. The van der Waals surface area contributed by atoms with Crippen molar-refractivity contribution < 1.29 is 4.74 Å². The van der Waals surface area contributed by atoms with Crippen molar-refractivity contribution in [3.63, 3.8) is 0 Å². The molecule has 2 rings (SSSR count). The monoisotopic (exact) mass is 281 g/mol. The molecule has 1 aromatic heterocycles. The van der Waals surface area contributed by atoms with Crippen LogP contribution in [-0.2, 0) is 6.54 Å². The molecule has 1 aromatic carbocycles. The average Bonchev–Trinajstić information content (AvgIpc) is 2.82. The molecule has 0 aliphatic heterocycles. The molecule has 0 saturated heterocycles. The first-order valence-electron chi connectivity index (χ1n) is 5.87. The maximum atomic E-state index is 6.21. The van der Waals surface area contributed by atoms with Gasteiger partial charge in [0.25, 0.3) is 0 Å². The molecule has 0 aliphatic rings. The van der Waals surface area contributed by atoms with Crippen molar-refractivity contribution in [2.24, 2.45) is 0 Å². The quantitative estimate of drug-likeness (QED) is 0.887. The fourth-order valence-electron chi connectivity index (χ4n) is 1.81. The zero-order chi connectivity index (χ0) is 13.0. The predicted molar refractivity (Wildman–Crippen MR) is 78.7 cm³/mol. The lowest BCUT2D eigenvalue weighted by Crippen LogP contribution is -2.12. The maximum Gasteiger partial charge on any atom is 0.119 e. The van der Waals surface area contributed by atoms with E-state index in [0.29, 0.717) is 0 Å². The minimum Gasteiger partial charge on any atom is -0.497 e. The van der Waals surface area contributed by atoms with Gasteiger partial charge in [-0.2, -0.15) is 0 Å². The van der Waals surface area contributed by atoms with Crippen molar-refractivity contribution >= 4 is 22.9 Å². The molecule has 2 nitrogen and oxygen atoms in total. The maximum absolute atomic E-state index is 6.21. The van der Waals surface area contributed by atoms with Crippen molar-refractivity contribution in [1.29, 1.82) is 0 Å². The fourth-order valence-corrected chi connectivity index (χ4v) is 3.03. The number of thiophene rings is 1. The predicted octanol–water partition coefficient (Wildman–Crippen LogP) is 4.19. The lowest BCUT2D eigenvalue weighted by molar-refractivity contribution is 0.414. The van der Waals surface area contributed by atoms with Crippen LogP contribution in [-0.4, -0.2) is 13.7 Å². The fraction of sp³-hybridized carbons (Fsp3) is 0.286. The van der Waals surface area contributed by atoms with E-state index in [4.69, 9.17) is 16.3 Å². The van der Waals surface area contributed by atoms with Crippen LogP contribution in [0, 0.1) is 0 Å². The van der Waals surface area contributed by atoms with Gasteiger partial charge < -0.3 is 10.1 Å². The van der Waals surface area contributed by atoms with E-state index in [1.807, 2.05) is 17.5 Å². The van der Waals surface area contributed by atoms with E-state index in [-0.39, 0.29) is 0 Å². The largest absolute Gasteiger partial charge is 0.497 e. The number of hydrogen-bond donors (Lipinski definition) is 1. The Morgan fingerprint density at radius 2 is 2.17 bits per heavy atom. The second-order valence-corrected chi connectivity index (χ2v) is 5.22. The summed E-state index contributed by atoms with van der Waals surface area (Å²) in [6.07, 6.45) is 0. The number of methoxy groups -OCH3 is 1. The third-order valence-corrected chi connectivity index (χ3v) is 4.11. The number of nitrogens with one attached hydrogen (secondary N) is 1. The summed E-state index contributed by atoms with van der Waals surface area (Å²) < 4.78 is 5.28. The molecule has 0 amide bonds. The van der Waals surface area contributed by atoms with Crippen LogP contribution in [0.1, 0.15) is 12.5 Å². The standard InChI is InChI=1S/C14H16ClNOS/c1-3-16-9-10-8-11(17-2)4-5-12(10)14-13(15)6-7-18-14/h4-8,16H,3,9H2,1-2H3. The Morgan fingerprint density at radius 1 is 1.33 bits per heavy atom. The second kappa shape index (κ2) is 6.23. The highest BCUT2D eigenvalue weighted by Crippen LogP contribution is 2.36. The summed E-state index contributed by atoms with van der Waals surface area (Å²) in [6.45, 7) is 3.85. The van der Waals surface area contributed by atoms with Gasteiger partial charge in [-0.25, -0.2) is 0 Å². The molecular formula is C14H16ClNOS. The van der Waals surface area contributed by atoms with Gasteiger partial charge in [-0.15, -0.1) is 11.3 Å². The van der Waals surface area contributed by atoms with Crippen LogP contribution >= 0.6 is 22.9 Å². The molecule has 2 aromatic rings. The molecule has 0 aliphatic carbocycles. The molecule has 0 fully saturated rings. The first-order valence-corrected chi connectivity index (χ1v) is 7.13. The van der Waals surface area contributed by atoms with Crippen LogP contribution in [0.25, 0.3) is 10.4 Å². The Balaban J connectivity index is 2.42. The third-order valence-electron chi connectivity index (χ3n) is 2.74. The summed E-state index contributed by atoms with van der Waals surface area (Å²) in [5, 5.41) is 6.16. The highest BCUT2D eigenvalue weighted by atomic mass is 35.5. The Kier molecular flexibility index (Phi) is 4.64. The molecule has 0 spiro atoms. The van der Waals surface area contributed by atoms with Gasteiger partial charge in [-0.1, -0.05) is 18.5 Å². The third kappa shape index (κ3) is 2.86. The summed E-state index contributed by atoms with van der Waals surface area (Å²) in [5.74, 6) is 0.874. The van der Waals surface area contributed by atoms with Gasteiger partial charge in [-0.3, -0.25) is 0 Å². The minimum atomic E-state index is 0.808. The summed E-state index contributed by atoms with van der Waals surface area (Å²) >= 11 is 7.88. The van der Waals surface area contributed by atoms with Crippen molar-refractivity contribution in [1.82, 2.24) is 5.32 Å². The number of rotatable bonds is 5. The molecule has 1 heterocycles. The highest BCUT2D eigenvalue weighted by Gasteiger charge is 2.11. The van der Waals surface area contributed by atoms with Crippen LogP contribution in [0.3, 0.4) is 0 Å². The van der Waals surface area contributed by atoms with E-state index in [9.17, 15) is 0 Å². The van der Waals surface area contributed by atoms with E-state index < -0.39 is 0 Å².